The third kappa shape index (κ3) is 3.58. The van der Waals surface area contributed by atoms with Crippen LogP contribution in [0, 0.1) is 11.3 Å². The van der Waals surface area contributed by atoms with Crippen molar-refractivity contribution in [1.29, 1.82) is 5.26 Å². The molecule has 0 bridgehead atoms. The highest BCUT2D eigenvalue weighted by Gasteiger charge is 2.11. The molecule has 27 heavy (non-hydrogen) atoms. The van der Waals surface area contributed by atoms with E-state index in [9.17, 15) is 5.26 Å². The summed E-state index contributed by atoms with van der Waals surface area (Å²) in [5, 5.41) is 22.0. The molecule has 0 aliphatic carbocycles. The third-order valence-corrected chi connectivity index (χ3v) is 4.32. The van der Waals surface area contributed by atoms with Crippen molar-refractivity contribution < 1.29 is 0 Å². The van der Waals surface area contributed by atoms with E-state index in [1.54, 1.807) is 18.6 Å². The zero-order chi connectivity index (χ0) is 18.5. The topological polar surface area (TPSA) is 87.4 Å². The van der Waals surface area contributed by atoms with Crippen LogP contribution in [0.4, 0.5) is 5.69 Å². The van der Waals surface area contributed by atoms with Gasteiger partial charge in [0.1, 0.15) is 6.07 Å². The summed E-state index contributed by atoms with van der Waals surface area (Å²) in [7, 11) is 0. The van der Waals surface area contributed by atoms with Gasteiger partial charge in [0, 0.05) is 36.7 Å². The Labute approximate surface area is 156 Å². The molecule has 0 aliphatic heterocycles. The average Bonchev–Trinajstić information content (AvgIpc) is 2.75. The Kier molecular flexibility index (Phi) is 4.66. The number of pyridine rings is 2. The molecule has 3 aromatic heterocycles. The lowest BCUT2D eigenvalue weighted by molar-refractivity contribution is 0.991. The first-order valence-corrected chi connectivity index (χ1v) is 8.59. The van der Waals surface area contributed by atoms with Gasteiger partial charge in [0.2, 0.25) is 0 Å². The smallest absolute Gasteiger partial charge is 0.186 e. The first-order chi connectivity index (χ1) is 13.3. The summed E-state index contributed by atoms with van der Waals surface area (Å²) in [4.78, 5) is 8.18. The average molecular weight is 352 g/mol. The van der Waals surface area contributed by atoms with Gasteiger partial charge < -0.3 is 5.32 Å². The molecular weight excluding hydrogens is 336 g/mol. The highest BCUT2D eigenvalue weighted by molar-refractivity contribution is 5.95. The van der Waals surface area contributed by atoms with Crippen LogP contribution < -0.4 is 5.32 Å². The molecule has 130 valence electrons. The van der Waals surface area contributed by atoms with Crippen molar-refractivity contribution >= 4 is 16.6 Å². The van der Waals surface area contributed by atoms with E-state index >= 15 is 0 Å². The molecule has 0 spiro atoms. The highest BCUT2D eigenvalue weighted by atomic mass is 15.1. The molecule has 1 N–H and O–H groups in total. The molecule has 6 nitrogen and oxygen atoms in total. The van der Waals surface area contributed by atoms with Crippen LogP contribution in [0.5, 0.6) is 0 Å². The van der Waals surface area contributed by atoms with E-state index in [1.165, 1.54) is 0 Å². The largest absolute Gasteiger partial charge is 0.382 e. The number of aromatic nitrogens is 4. The number of nitrogens with one attached hydrogen (secondary N) is 1. The van der Waals surface area contributed by atoms with Crippen molar-refractivity contribution in [3.05, 3.63) is 78.5 Å². The minimum absolute atomic E-state index is 0.297. The quantitative estimate of drug-likeness (QED) is 0.590. The Bertz CT molecular complexity index is 1100. The van der Waals surface area contributed by atoms with Gasteiger partial charge in [-0.2, -0.15) is 5.26 Å². The van der Waals surface area contributed by atoms with Gasteiger partial charge in [-0.3, -0.25) is 9.97 Å². The molecular formula is C21H16N6. The lowest BCUT2D eigenvalue weighted by Crippen LogP contribution is -2.08. The third-order valence-electron chi connectivity index (χ3n) is 4.32. The molecule has 6 heteroatoms. The van der Waals surface area contributed by atoms with Crippen molar-refractivity contribution in [1.82, 2.24) is 20.2 Å². The summed E-state index contributed by atoms with van der Waals surface area (Å²) >= 11 is 0. The predicted molar refractivity (Wildman–Crippen MR) is 104 cm³/mol. The number of nitriles is 1. The fraction of sp³-hybridized carbons (Fsp3) is 0.0952. The van der Waals surface area contributed by atoms with E-state index < -0.39 is 0 Å². The Morgan fingerprint density at radius 3 is 2.59 bits per heavy atom. The molecule has 0 saturated heterocycles. The lowest BCUT2D eigenvalue weighted by atomic mass is 10.0. The maximum atomic E-state index is 9.42. The maximum Gasteiger partial charge on any atom is 0.186 e. The van der Waals surface area contributed by atoms with Crippen LogP contribution in [0.15, 0.2) is 67.3 Å². The van der Waals surface area contributed by atoms with Gasteiger partial charge in [0.05, 0.1) is 11.2 Å². The van der Waals surface area contributed by atoms with E-state index in [1.807, 2.05) is 48.7 Å². The summed E-state index contributed by atoms with van der Waals surface area (Å²) in [5.41, 5.74) is 4.98. The molecule has 0 radical (unpaired) electrons. The summed E-state index contributed by atoms with van der Waals surface area (Å²) in [6, 6.07) is 16.0. The van der Waals surface area contributed by atoms with Crippen molar-refractivity contribution in [2.45, 2.75) is 6.42 Å². The Hall–Kier alpha value is -3.85. The van der Waals surface area contributed by atoms with Crippen molar-refractivity contribution in [3.8, 4) is 17.2 Å². The molecule has 0 saturated carbocycles. The van der Waals surface area contributed by atoms with Crippen molar-refractivity contribution in [2.24, 2.45) is 0 Å². The van der Waals surface area contributed by atoms with E-state index in [-0.39, 0.29) is 0 Å². The van der Waals surface area contributed by atoms with Crippen LogP contribution in [0.3, 0.4) is 0 Å². The van der Waals surface area contributed by atoms with E-state index in [2.05, 4.69) is 31.6 Å². The van der Waals surface area contributed by atoms with Gasteiger partial charge >= 0.3 is 0 Å². The lowest BCUT2D eigenvalue weighted by Gasteiger charge is -2.11. The van der Waals surface area contributed by atoms with E-state index in [4.69, 9.17) is 0 Å². The summed E-state index contributed by atoms with van der Waals surface area (Å²) in [6.07, 6.45) is 7.92. The molecule has 4 aromatic rings. The summed E-state index contributed by atoms with van der Waals surface area (Å²) in [6.45, 7) is 0.674. The fourth-order valence-corrected chi connectivity index (χ4v) is 2.97. The minimum atomic E-state index is 0.297. The van der Waals surface area contributed by atoms with Crippen LogP contribution in [0.25, 0.3) is 22.0 Å². The number of hydrogen-bond donors (Lipinski definition) is 1. The van der Waals surface area contributed by atoms with Crippen LogP contribution in [-0.2, 0) is 6.42 Å². The van der Waals surface area contributed by atoms with Gasteiger partial charge in [0.15, 0.2) is 5.69 Å². The zero-order valence-corrected chi connectivity index (χ0v) is 14.5. The van der Waals surface area contributed by atoms with Crippen LogP contribution >= 0.6 is 0 Å². The highest BCUT2D eigenvalue weighted by Crippen LogP contribution is 2.28. The summed E-state index contributed by atoms with van der Waals surface area (Å²) < 4.78 is 0. The molecule has 0 unspecified atom stereocenters. The Morgan fingerprint density at radius 2 is 1.81 bits per heavy atom. The van der Waals surface area contributed by atoms with Gasteiger partial charge in [-0.25, -0.2) is 0 Å². The van der Waals surface area contributed by atoms with Crippen LogP contribution in [0.2, 0.25) is 0 Å². The number of anilines is 1. The monoisotopic (exact) mass is 352 g/mol. The normalized spacial score (nSPS) is 10.5. The fourth-order valence-electron chi connectivity index (χ4n) is 2.97. The first-order valence-electron chi connectivity index (χ1n) is 8.59. The second kappa shape index (κ2) is 7.58. The SMILES string of the molecule is N#Cc1nnc2cc(-c3ccncc3)ccc2c1NCCc1cccnc1. The summed E-state index contributed by atoms with van der Waals surface area (Å²) in [5.74, 6) is 0. The second-order valence-corrected chi connectivity index (χ2v) is 6.04. The van der Waals surface area contributed by atoms with Gasteiger partial charge in [-0.05, 0) is 53.4 Å². The number of rotatable bonds is 5. The van der Waals surface area contributed by atoms with Gasteiger partial charge in [-0.1, -0.05) is 12.1 Å². The molecule has 0 fully saturated rings. The van der Waals surface area contributed by atoms with E-state index in [0.717, 1.165) is 34.0 Å². The van der Waals surface area contributed by atoms with Crippen molar-refractivity contribution in [3.63, 3.8) is 0 Å². The van der Waals surface area contributed by atoms with Crippen LogP contribution in [0.1, 0.15) is 11.3 Å². The second-order valence-electron chi connectivity index (χ2n) is 6.04. The standard InChI is InChI=1S/C21H16N6/c22-13-20-21(25-11-5-15-2-1-8-24-14-15)18-4-3-17(12-19(18)26-27-20)16-6-9-23-10-7-16/h1-4,6-10,12,14H,5,11H2,(H,25,26). The number of nitrogens with zero attached hydrogens (tertiary/aromatic N) is 5. The number of fused-ring (bicyclic) bond motifs is 1. The Balaban J connectivity index is 1.65. The molecule has 3 heterocycles. The number of benzene rings is 1. The Morgan fingerprint density at radius 1 is 0.926 bits per heavy atom. The van der Waals surface area contributed by atoms with Gasteiger partial charge in [0.25, 0.3) is 0 Å². The van der Waals surface area contributed by atoms with Crippen LogP contribution in [-0.4, -0.2) is 26.7 Å². The molecule has 4 rings (SSSR count). The molecule has 0 amide bonds. The first kappa shape index (κ1) is 16.6. The van der Waals surface area contributed by atoms with Gasteiger partial charge in [-0.15, -0.1) is 10.2 Å². The van der Waals surface area contributed by atoms with Crippen molar-refractivity contribution in [2.75, 3.05) is 11.9 Å². The molecule has 0 atom stereocenters. The molecule has 1 aromatic carbocycles. The zero-order valence-electron chi connectivity index (χ0n) is 14.5. The maximum absolute atomic E-state index is 9.42. The van der Waals surface area contributed by atoms with E-state index in [0.29, 0.717) is 17.9 Å². The minimum Gasteiger partial charge on any atom is -0.382 e. The number of hydrogen-bond acceptors (Lipinski definition) is 6. The molecule has 0 aliphatic rings. The predicted octanol–water partition coefficient (Wildman–Crippen LogP) is 3.61.